The van der Waals surface area contributed by atoms with Crippen LogP contribution in [0.1, 0.15) is 5.56 Å². The quantitative estimate of drug-likeness (QED) is 0.453. The molecule has 0 amide bonds. The lowest BCUT2D eigenvalue weighted by molar-refractivity contribution is 0.618. The Kier molecular flexibility index (Phi) is 4.17. The average Bonchev–Trinajstić information content (AvgIpc) is 2.25. The van der Waals surface area contributed by atoms with Gasteiger partial charge < -0.3 is 5.73 Å². The van der Waals surface area contributed by atoms with Crippen molar-refractivity contribution < 1.29 is 4.39 Å². The summed E-state index contributed by atoms with van der Waals surface area (Å²) in [5.41, 5.74) is 8.15. The first kappa shape index (κ1) is 13.1. The smallest absolute Gasteiger partial charge is 0.201 e. The number of aryl methyl sites for hydroxylation is 1. The van der Waals surface area contributed by atoms with Crippen LogP contribution < -0.4 is 11.2 Å². The van der Waals surface area contributed by atoms with E-state index in [0.29, 0.717) is 15.7 Å². The maximum absolute atomic E-state index is 13.3. The molecule has 0 radical (unpaired) electrons. The molecule has 0 bridgehead atoms. The fourth-order valence-electron chi connectivity index (χ4n) is 0.994. The Hall–Kier alpha value is -1.94. The van der Waals surface area contributed by atoms with Crippen LogP contribution in [-0.2, 0) is 0 Å². The number of rotatable bonds is 3. The largest absolute Gasteiger partial charge is 0.382 e. The van der Waals surface area contributed by atoms with Gasteiger partial charge in [-0.2, -0.15) is 10.4 Å². The van der Waals surface area contributed by atoms with Gasteiger partial charge in [-0.3, -0.25) is 10.8 Å². The van der Waals surface area contributed by atoms with E-state index in [1.165, 1.54) is 6.07 Å². The van der Waals surface area contributed by atoms with E-state index >= 15 is 0 Å². The normalized spacial score (nSPS) is 10.8. The maximum atomic E-state index is 13.3. The van der Waals surface area contributed by atoms with Crippen molar-refractivity contribution in [2.45, 2.75) is 6.92 Å². The van der Waals surface area contributed by atoms with Crippen molar-refractivity contribution in [1.82, 2.24) is 0 Å². The minimum Gasteiger partial charge on any atom is -0.382 e. The molecule has 0 aliphatic carbocycles. The highest BCUT2D eigenvalue weighted by Gasteiger charge is 2.06. The highest BCUT2D eigenvalue weighted by molar-refractivity contribution is 9.10. The number of halogens is 2. The van der Waals surface area contributed by atoms with E-state index in [-0.39, 0.29) is 5.71 Å². The minimum atomic E-state index is -0.455. The van der Waals surface area contributed by atoms with E-state index in [0.717, 1.165) is 0 Å². The average molecular weight is 298 g/mol. The third-order valence-corrected chi connectivity index (χ3v) is 2.55. The predicted molar refractivity (Wildman–Crippen MR) is 67.4 cm³/mol. The van der Waals surface area contributed by atoms with E-state index in [4.69, 9.17) is 16.4 Å². The predicted octanol–water partition coefficient (Wildman–Crippen LogP) is 2.12. The molecule has 1 aromatic rings. The van der Waals surface area contributed by atoms with Crippen LogP contribution in [0.25, 0.3) is 0 Å². The number of hydrogen-bond donors (Lipinski definition) is 3. The number of nitriles is 1. The molecule has 0 saturated heterocycles. The first-order valence-corrected chi connectivity index (χ1v) is 5.29. The van der Waals surface area contributed by atoms with E-state index in [1.807, 2.05) is 0 Å². The highest BCUT2D eigenvalue weighted by atomic mass is 79.9. The third-order valence-electron chi connectivity index (χ3n) is 1.90. The van der Waals surface area contributed by atoms with Gasteiger partial charge in [0.25, 0.3) is 0 Å². The van der Waals surface area contributed by atoms with Crippen LogP contribution in [-0.4, -0.2) is 11.5 Å². The number of anilines is 1. The SMILES string of the molecule is Cc1cc(Br)c(N/N=C(\C#N)C(=N)N)cc1F. The molecule has 4 N–H and O–H groups in total. The van der Waals surface area contributed by atoms with Gasteiger partial charge in [-0.1, -0.05) is 0 Å². The lowest BCUT2D eigenvalue weighted by Crippen LogP contribution is -2.21. The van der Waals surface area contributed by atoms with Gasteiger partial charge in [-0.15, -0.1) is 0 Å². The third kappa shape index (κ3) is 3.26. The van der Waals surface area contributed by atoms with Gasteiger partial charge >= 0.3 is 0 Å². The van der Waals surface area contributed by atoms with Crippen molar-refractivity contribution in [1.29, 1.82) is 10.7 Å². The summed E-state index contributed by atoms with van der Waals surface area (Å²) < 4.78 is 13.9. The maximum Gasteiger partial charge on any atom is 0.201 e. The summed E-state index contributed by atoms with van der Waals surface area (Å²) in [7, 11) is 0. The van der Waals surface area contributed by atoms with Crippen molar-refractivity contribution in [2.24, 2.45) is 10.8 Å². The molecule has 1 rings (SSSR count). The molecule has 0 aliphatic heterocycles. The molecule has 0 atom stereocenters. The Morgan fingerprint density at radius 3 is 2.82 bits per heavy atom. The number of nitrogens with one attached hydrogen (secondary N) is 2. The zero-order valence-corrected chi connectivity index (χ0v) is 10.5. The monoisotopic (exact) mass is 297 g/mol. The van der Waals surface area contributed by atoms with Crippen molar-refractivity contribution in [3.8, 4) is 6.07 Å². The topological polar surface area (TPSA) is 98.0 Å². The Morgan fingerprint density at radius 1 is 1.65 bits per heavy atom. The molecule has 0 unspecified atom stereocenters. The zero-order chi connectivity index (χ0) is 13.0. The molecule has 17 heavy (non-hydrogen) atoms. The molecule has 0 heterocycles. The standard InChI is InChI=1S/C10H9BrFN5/c1-5-2-6(11)8(3-7(5)12)16-17-9(4-13)10(14)15/h2-3,16H,1H3,(H3,14,15)/b17-9+. The first-order valence-electron chi connectivity index (χ1n) is 4.49. The van der Waals surface area contributed by atoms with Crippen molar-refractivity contribution in [3.63, 3.8) is 0 Å². The van der Waals surface area contributed by atoms with Gasteiger partial charge in [0.2, 0.25) is 5.71 Å². The van der Waals surface area contributed by atoms with E-state index in [9.17, 15) is 4.39 Å². The van der Waals surface area contributed by atoms with Crippen LogP contribution in [0.4, 0.5) is 10.1 Å². The summed E-state index contributed by atoms with van der Waals surface area (Å²) >= 11 is 3.22. The van der Waals surface area contributed by atoms with Crippen LogP contribution in [0, 0.1) is 29.5 Å². The Morgan fingerprint density at radius 2 is 2.29 bits per heavy atom. The van der Waals surface area contributed by atoms with Gasteiger partial charge in [0.05, 0.1) is 5.69 Å². The van der Waals surface area contributed by atoms with Gasteiger partial charge in [0, 0.05) is 10.5 Å². The van der Waals surface area contributed by atoms with Gasteiger partial charge in [0.15, 0.2) is 5.84 Å². The lowest BCUT2D eigenvalue weighted by Gasteiger charge is -2.06. The second-order valence-corrected chi connectivity index (χ2v) is 4.03. The van der Waals surface area contributed by atoms with Crippen molar-refractivity contribution in [3.05, 3.63) is 28.0 Å². The van der Waals surface area contributed by atoms with Crippen LogP contribution in [0.5, 0.6) is 0 Å². The molecule has 88 valence electrons. The molecule has 7 heteroatoms. The Balaban J connectivity index is 3.01. The summed E-state index contributed by atoms with van der Waals surface area (Å²) in [6.07, 6.45) is 0. The fraction of sp³-hybridized carbons (Fsp3) is 0.100. The summed E-state index contributed by atoms with van der Waals surface area (Å²) in [6.45, 7) is 1.63. The molecule has 0 fully saturated rings. The highest BCUT2D eigenvalue weighted by Crippen LogP contribution is 2.25. The molecule has 1 aromatic carbocycles. The number of nitrogens with two attached hydrogens (primary N) is 1. The number of hydrazone groups is 1. The Bertz CT molecular complexity index is 532. The minimum absolute atomic E-state index is 0.266. The van der Waals surface area contributed by atoms with Crippen molar-refractivity contribution >= 4 is 33.2 Å². The van der Waals surface area contributed by atoms with Gasteiger partial charge in [-0.25, -0.2) is 4.39 Å². The number of amidine groups is 1. The molecule has 5 nitrogen and oxygen atoms in total. The van der Waals surface area contributed by atoms with Crippen LogP contribution >= 0.6 is 15.9 Å². The molecular formula is C10H9BrFN5. The molecule has 0 aromatic heterocycles. The summed E-state index contributed by atoms with van der Waals surface area (Å²) in [4.78, 5) is 0. The van der Waals surface area contributed by atoms with Gasteiger partial charge in [-0.05, 0) is 34.5 Å². The number of hydrogen-bond acceptors (Lipinski definition) is 4. The van der Waals surface area contributed by atoms with E-state index in [2.05, 4.69) is 26.5 Å². The fourth-order valence-corrected chi connectivity index (χ4v) is 1.54. The van der Waals surface area contributed by atoms with Crippen LogP contribution in [0.2, 0.25) is 0 Å². The van der Waals surface area contributed by atoms with E-state index in [1.54, 1.807) is 19.1 Å². The zero-order valence-electron chi connectivity index (χ0n) is 8.88. The summed E-state index contributed by atoms with van der Waals surface area (Å²) in [5, 5.41) is 19.3. The summed E-state index contributed by atoms with van der Waals surface area (Å²) in [5.74, 6) is -0.851. The molecule has 0 aliphatic rings. The number of benzene rings is 1. The molecule has 0 saturated carbocycles. The second kappa shape index (κ2) is 5.41. The summed E-state index contributed by atoms with van der Waals surface area (Å²) in [6, 6.07) is 4.46. The van der Waals surface area contributed by atoms with E-state index < -0.39 is 11.7 Å². The second-order valence-electron chi connectivity index (χ2n) is 3.18. The Labute approximate surface area is 106 Å². The lowest BCUT2D eigenvalue weighted by atomic mass is 10.2. The van der Waals surface area contributed by atoms with Crippen LogP contribution in [0.15, 0.2) is 21.7 Å². The first-order chi connectivity index (χ1) is 7.95. The molecule has 0 spiro atoms. The molecular weight excluding hydrogens is 289 g/mol. The van der Waals surface area contributed by atoms with Crippen molar-refractivity contribution in [2.75, 3.05) is 5.43 Å². The van der Waals surface area contributed by atoms with Crippen LogP contribution in [0.3, 0.4) is 0 Å². The number of nitrogens with zero attached hydrogens (tertiary/aromatic N) is 2. The van der Waals surface area contributed by atoms with Gasteiger partial charge in [0.1, 0.15) is 11.9 Å².